The van der Waals surface area contributed by atoms with Crippen molar-refractivity contribution in [3.8, 4) is 5.75 Å². The van der Waals surface area contributed by atoms with E-state index in [1.807, 2.05) is 6.92 Å². The Labute approximate surface area is 159 Å². The first-order valence-electron chi connectivity index (χ1n) is 7.44. The molecule has 25 heavy (non-hydrogen) atoms. The van der Waals surface area contributed by atoms with Crippen LogP contribution < -0.4 is 4.74 Å². The average Bonchev–Trinajstić information content (AvgIpc) is 3.20. The fraction of sp³-hybridized carbons (Fsp3) is 0.188. The molecule has 0 aliphatic carbocycles. The summed E-state index contributed by atoms with van der Waals surface area (Å²) >= 11 is 17.2. The highest BCUT2D eigenvalue weighted by Gasteiger charge is 2.08. The minimum Gasteiger partial charge on any atom is -0.484 e. The molecule has 3 rings (SSSR count). The number of aryl methyl sites for hydroxylation is 1. The lowest BCUT2D eigenvalue weighted by atomic mass is 10.3. The van der Waals surface area contributed by atoms with Gasteiger partial charge in [0.1, 0.15) is 28.9 Å². The minimum atomic E-state index is 0.221. The Morgan fingerprint density at radius 3 is 3.00 bits per heavy atom. The summed E-state index contributed by atoms with van der Waals surface area (Å²) in [6.07, 6.45) is 2.28. The van der Waals surface area contributed by atoms with Crippen molar-refractivity contribution in [2.45, 2.75) is 20.0 Å². The van der Waals surface area contributed by atoms with E-state index in [9.17, 15) is 0 Å². The number of H-pyrrole nitrogens is 1. The van der Waals surface area contributed by atoms with Crippen LogP contribution in [-0.2, 0) is 13.0 Å². The fourth-order valence-electron chi connectivity index (χ4n) is 2.07. The van der Waals surface area contributed by atoms with Crippen LogP contribution >= 0.6 is 35.4 Å². The highest BCUT2D eigenvalue weighted by atomic mass is 35.5. The molecule has 0 aliphatic heterocycles. The number of furan rings is 1. The van der Waals surface area contributed by atoms with Crippen molar-refractivity contribution in [3.63, 3.8) is 0 Å². The molecule has 6 nitrogen and oxygen atoms in total. The quantitative estimate of drug-likeness (QED) is 0.476. The van der Waals surface area contributed by atoms with Gasteiger partial charge >= 0.3 is 0 Å². The molecule has 1 N–H and O–H groups in total. The molecule has 0 radical (unpaired) electrons. The van der Waals surface area contributed by atoms with E-state index in [1.54, 1.807) is 41.2 Å². The standard InChI is InChI=1S/C16H14Cl2N4O2S/c1-2-14-20-21-16(25)22(14)19-8-10-6-7-11(24-10)9-23-13-5-3-4-12(17)15(13)18/h3-8H,2,9H2,1H3,(H,21,25). The molecule has 3 aromatic rings. The molecule has 0 aliphatic rings. The van der Waals surface area contributed by atoms with E-state index in [4.69, 9.17) is 44.6 Å². The molecule has 0 fully saturated rings. The normalized spacial score (nSPS) is 11.3. The van der Waals surface area contributed by atoms with Crippen molar-refractivity contribution >= 4 is 41.6 Å². The van der Waals surface area contributed by atoms with E-state index in [-0.39, 0.29) is 6.61 Å². The zero-order valence-corrected chi connectivity index (χ0v) is 15.5. The molecule has 0 saturated carbocycles. The van der Waals surface area contributed by atoms with Gasteiger partial charge in [-0.05, 0) is 36.5 Å². The summed E-state index contributed by atoms with van der Waals surface area (Å²) in [6, 6.07) is 8.80. The van der Waals surface area contributed by atoms with Crippen molar-refractivity contribution in [1.29, 1.82) is 0 Å². The van der Waals surface area contributed by atoms with E-state index >= 15 is 0 Å². The van der Waals surface area contributed by atoms with E-state index < -0.39 is 0 Å². The molecule has 1 aromatic carbocycles. The van der Waals surface area contributed by atoms with Gasteiger partial charge in [0, 0.05) is 6.42 Å². The molecule has 0 amide bonds. The Morgan fingerprint density at radius 2 is 2.20 bits per heavy atom. The second-order valence-electron chi connectivity index (χ2n) is 5.00. The number of benzene rings is 1. The van der Waals surface area contributed by atoms with Crippen LogP contribution in [0.1, 0.15) is 24.3 Å². The second kappa shape index (κ2) is 7.86. The maximum Gasteiger partial charge on any atom is 0.216 e. The molecule has 0 unspecified atom stereocenters. The third kappa shape index (κ3) is 4.12. The predicted molar refractivity (Wildman–Crippen MR) is 99.3 cm³/mol. The number of aromatic amines is 1. The number of halogens is 2. The van der Waals surface area contributed by atoms with E-state index in [0.29, 0.717) is 38.5 Å². The number of nitrogens with zero attached hydrogens (tertiary/aromatic N) is 3. The van der Waals surface area contributed by atoms with Crippen molar-refractivity contribution in [2.75, 3.05) is 0 Å². The Hall–Kier alpha value is -2.09. The summed E-state index contributed by atoms with van der Waals surface area (Å²) in [5, 5.41) is 11.9. The van der Waals surface area contributed by atoms with Crippen LogP contribution in [0.15, 0.2) is 39.9 Å². The topological polar surface area (TPSA) is 68.3 Å². The number of rotatable bonds is 6. The summed E-state index contributed by atoms with van der Waals surface area (Å²) in [7, 11) is 0. The van der Waals surface area contributed by atoms with Gasteiger partial charge < -0.3 is 9.15 Å². The highest BCUT2D eigenvalue weighted by Crippen LogP contribution is 2.31. The van der Waals surface area contributed by atoms with Crippen molar-refractivity contribution in [3.05, 3.63) is 62.5 Å². The van der Waals surface area contributed by atoms with E-state index in [0.717, 1.165) is 5.82 Å². The van der Waals surface area contributed by atoms with Crippen LogP contribution in [0.5, 0.6) is 5.75 Å². The van der Waals surface area contributed by atoms with Gasteiger partial charge in [-0.15, -0.1) is 0 Å². The average molecular weight is 397 g/mol. The van der Waals surface area contributed by atoms with Gasteiger partial charge in [-0.25, -0.2) is 0 Å². The predicted octanol–water partition coefficient (Wildman–Crippen LogP) is 4.86. The summed E-state index contributed by atoms with van der Waals surface area (Å²) in [5.41, 5.74) is 0. The van der Waals surface area contributed by atoms with Gasteiger partial charge in [0.2, 0.25) is 4.77 Å². The van der Waals surface area contributed by atoms with Crippen LogP contribution in [-0.4, -0.2) is 21.1 Å². The van der Waals surface area contributed by atoms with Crippen molar-refractivity contribution in [2.24, 2.45) is 5.10 Å². The van der Waals surface area contributed by atoms with Crippen LogP contribution in [0.25, 0.3) is 0 Å². The SMILES string of the molecule is CCc1n[nH]c(=S)n1N=Cc1ccc(COc2cccc(Cl)c2Cl)o1. The molecule has 2 aromatic heterocycles. The van der Waals surface area contributed by atoms with Gasteiger partial charge in [-0.2, -0.15) is 14.9 Å². The Balaban J connectivity index is 1.68. The molecule has 2 heterocycles. The minimum absolute atomic E-state index is 0.221. The first kappa shape index (κ1) is 17.7. The van der Waals surface area contributed by atoms with Gasteiger partial charge in [-0.3, -0.25) is 5.10 Å². The van der Waals surface area contributed by atoms with Gasteiger partial charge in [0.05, 0.1) is 11.2 Å². The molecule has 0 atom stereocenters. The molecule has 9 heteroatoms. The van der Waals surface area contributed by atoms with Crippen LogP contribution in [0, 0.1) is 4.77 Å². The Kier molecular flexibility index (Phi) is 5.57. The molecule has 0 saturated heterocycles. The lowest BCUT2D eigenvalue weighted by Crippen LogP contribution is -1.97. The maximum absolute atomic E-state index is 6.08. The smallest absolute Gasteiger partial charge is 0.216 e. The maximum atomic E-state index is 6.08. The van der Waals surface area contributed by atoms with Crippen LogP contribution in [0.2, 0.25) is 10.0 Å². The van der Waals surface area contributed by atoms with Gasteiger partial charge in [0.25, 0.3) is 0 Å². The monoisotopic (exact) mass is 396 g/mol. The Bertz CT molecular complexity index is 961. The van der Waals surface area contributed by atoms with E-state index in [1.165, 1.54) is 0 Å². The molecular formula is C16H14Cl2N4O2S. The zero-order valence-electron chi connectivity index (χ0n) is 13.2. The summed E-state index contributed by atoms with van der Waals surface area (Å²) in [4.78, 5) is 0. The highest BCUT2D eigenvalue weighted by molar-refractivity contribution is 7.71. The Morgan fingerprint density at radius 1 is 1.36 bits per heavy atom. The van der Waals surface area contributed by atoms with Gasteiger partial charge in [0.15, 0.2) is 5.82 Å². The first-order chi connectivity index (χ1) is 12.1. The molecular weight excluding hydrogens is 383 g/mol. The number of hydrogen-bond acceptors (Lipinski definition) is 5. The summed E-state index contributed by atoms with van der Waals surface area (Å²) in [6.45, 7) is 2.19. The third-order valence-corrected chi connectivity index (χ3v) is 4.37. The first-order valence-corrected chi connectivity index (χ1v) is 8.61. The van der Waals surface area contributed by atoms with Crippen molar-refractivity contribution in [1.82, 2.24) is 14.9 Å². The molecule has 0 bridgehead atoms. The second-order valence-corrected chi connectivity index (χ2v) is 6.17. The number of hydrogen-bond donors (Lipinski definition) is 1. The van der Waals surface area contributed by atoms with Crippen LogP contribution in [0.4, 0.5) is 0 Å². The lowest BCUT2D eigenvalue weighted by molar-refractivity contribution is 0.270. The molecule has 130 valence electrons. The largest absolute Gasteiger partial charge is 0.484 e. The van der Waals surface area contributed by atoms with Crippen molar-refractivity contribution < 1.29 is 9.15 Å². The van der Waals surface area contributed by atoms with E-state index in [2.05, 4.69) is 15.3 Å². The third-order valence-electron chi connectivity index (χ3n) is 3.30. The summed E-state index contributed by atoms with van der Waals surface area (Å²) in [5.74, 6) is 2.44. The zero-order chi connectivity index (χ0) is 17.8. The van der Waals surface area contributed by atoms with Crippen LogP contribution in [0.3, 0.4) is 0 Å². The van der Waals surface area contributed by atoms with Gasteiger partial charge in [-0.1, -0.05) is 36.2 Å². The number of nitrogens with one attached hydrogen (secondary N) is 1. The fourth-order valence-corrected chi connectivity index (χ4v) is 2.62. The lowest BCUT2D eigenvalue weighted by Gasteiger charge is -2.06. The molecule has 0 spiro atoms. The number of ether oxygens (including phenoxy) is 1. The number of aromatic nitrogens is 3. The summed E-state index contributed by atoms with van der Waals surface area (Å²) < 4.78 is 13.3.